The van der Waals surface area contributed by atoms with Gasteiger partial charge in [0.25, 0.3) is 0 Å². The van der Waals surface area contributed by atoms with Crippen molar-refractivity contribution in [1.29, 1.82) is 0 Å². The number of aromatic nitrogens is 2. The predicted octanol–water partition coefficient (Wildman–Crippen LogP) is 3.19. The van der Waals surface area contributed by atoms with Gasteiger partial charge in [0.15, 0.2) is 0 Å². The number of alkyl halides is 3. The topological polar surface area (TPSA) is 128 Å². The Bertz CT molecular complexity index is 959. The quantitative estimate of drug-likeness (QED) is 0.293. The molecule has 0 saturated heterocycles. The Labute approximate surface area is 187 Å². The number of hydrogen-bond acceptors (Lipinski definition) is 8. The molecule has 0 bridgehead atoms. The molecule has 0 saturated carbocycles. The van der Waals surface area contributed by atoms with Crippen LogP contribution in [-0.2, 0) is 17.6 Å². The Balaban J connectivity index is 1.77. The summed E-state index contributed by atoms with van der Waals surface area (Å²) in [4.78, 5) is 12.2. The van der Waals surface area contributed by atoms with Gasteiger partial charge >= 0.3 is 6.36 Å². The highest BCUT2D eigenvalue weighted by Crippen LogP contribution is 2.24. The molecule has 12 heteroatoms. The van der Waals surface area contributed by atoms with Crippen LogP contribution in [0.15, 0.2) is 47.9 Å². The zero-order valence-corrected chi connectivity index (χ0v) is 18.2. The van der Waals surface area contributed by atoms with Crippen molar-refractivity contribution in [3.05, 3.63) is 58.5 Å². The third-order valence-electron chi connectivity index (χ3n) is 4.08. The maximum Gasteiger partial charge on any atom is 0.573 e. The molecule has 0 unspecified atom stereocenters. The van der Waals surface area contributed by atoms with Crippen LogP contribution >= 0.6 is 11.3 Å². The first-order valence-corrected chi connectivity index (χ1v) is 10.5. The average Bonchev–Trinajstić information content (AvgIpc) is 3.15. The molecule has 6 N–H and O–H groups in total. The van der Waals surface area contributed by atoms with E-state index in [2.05, 4.69) is 25.6 Å². The van der Waals surface area contributed by atoms with E-state index in [1.165, 1.54) is 35.6 Å². The fraction of sp³-hybridized carbons (Fsp3) is 0.350. The molecule has 0 aliphatic heterocycles. The molecular formula is C20H25F3N6O2S. The van der Waals surface area contributed by atoms with Gasteiger partial charge in [0.2, 0.25) is 11.0 Å². The van der Waals surface area contributed by atoms with Gasteiger partial charge in [-0.2, -0.15) is 0 Å². The van der Waals surface area contributed by atoms with E-state index in [9.17, 15) is 18.0 Å². The fourth-order valence-electron chi connectivity index (χ4n) is 2.58. The highest BCUT2D eigenvalue weighted by Gasteiger charge is 2.31. The Morgan fingerprint density at radius 2 is 2.00 bits per heavy atom. The van der Waals surface area contributed by atoms with Crippen molar-refractivity contribution in [3.8, 4) is 5.75 Å². The van der Waals surface area contributed by atoms with E-state index >= 15 is 0 Å². The SMILES string of the molecule is CN/C(N)=C/C=C(\N)CCCCc1nnc(NC(=O)Cc2cccc(OC(F)(F)F)c2)s1. The number of anilines is 1. The highest BCUT2D eigenvalue weighted by atomic mass is 32.1. The van der Waals surface area contributed by atoms with Gasteiger partial charge in [-0.25, -0.2) is 0 Å². The van der Waals surface area contributed by atoms with Crippen LogP contribution in [-0.4, -0.2) is 29.5 Å². The van der Waals surface area contributed by atoms with E-state index in [1.807, 2.05) is 0 Å². The zero-order valence-electron chi connectivity index (χ0n) is 17.4. The number of rotatable bonds is 11. The van der Waals surface area contributed by atoms with E-state index in [1.54, 1.807) is 19.2 Å². The number of halogens is 3. The van der Waals surface area contributed by atoms with Gasteiger partial charge in [0, 0.05) is 19.2 Å². The van der Waals surface area contributed by atoms with Crippen LogP contribution in [0.3, 0.4) is 0 Å². The molecule has 0 radical (unpaired) electrons. The molecule has 1 aromatic carbocycles. The van der Waals surface area contributed by atoms with Crippen LogP contribution in [0.5, 0.6) is 5.75 Å². The predicted molar refractivity (Wildman–Crippen MR) is 117 cm³/mol. The van der Waals surface area contributed by atoms with Crippen LogP contribution in [0.1, 0.15) is 29.8 Å². The molecule has 0 atom stereocenters. The largest absolute Gasteiger partial charge is 0.573 e. The molecule has 0 spiro atoms. The number of aryl methyl sites for hydroxylation is 1. The molecule has 32 heavy (non-hydrogen) atoms. The number of ether oxygens (including phenoxy) is 1. The molecule has 1 heterocycles. The molecule has 8 nitrogen and oxygen atoms in total. The fourth-order valence-corrected chi connectivity index (χ4v) is 3.37. The number of nitrogens with zero attached hydrogens (tertiary/aromatic N) is 2. The Hall–Kier alpha value is -3.28. The van der Waals surface area contributed by atoms with Crippen LogP contribution in [0.2, 0.25) is 0 Å². The van der Waals surface area contributed by atoms with E-state index in [0.717, 1.165) is 23.5 Å². The second kappa shape index (κ2) is 11.9. The normalized spacial score (nSPS) is 12.5. The van der Waals surface area contributed by atoms with Gasteiger partial charge in [-0.05, 0) is 49.1 Å². The van der Waals surface area contributed by atoms with Gasteiger partial charge in [-0.15, -0.1) is 23.4 Å². The van der Waals surface area contributed by atoms with E-state index in [0.29, 0.717) is 29.4 Å². The summed E-state index contributed by atoms with van der Waals surface area (Å²) in [6.45, 7) is 0. The molecule has 1 aromatic heterocycles. The Morgan fingerprint density at radius 1 is 1.22 bits per heavy atom. The number of hydrogen-bond donors (Lipinski definition) is 4. The highest BCUT2D eigenvalue weighted by molar-refractivity contribution is 7.15. The summed E-state index contributed by atoms with van der Waals surface area (Å²) in [7, 11) is 1.72. The van der Waals surface area contributed by atoms with Crippen molar-refractivity contribution < 1.29 is 22.7 Å². The summed E-state index contributed by atoms with van der Waals surface area (Å²) >= 11 is 1.25. The van der Waals surface area contributed by atoms with Crippen molar-refractivity contribution in [2.45, 2.75) is 38.5 Å². The lowest BCUT2D eigenvalue weighted by Gasteiger charge is -2.09. The van der Waals surface area contributed by atoms with Crippen LogP contribution in [0, 0.1) is 0 Å². The van der Waals surface area contributed by atoms with E-state index < -0.39 is 12.3 Å². The van der Waals surface area contributed by atoms with Crippen molar-refractivity contribution >= 4 is 22.4 Å². The summed E-state index contributed by atoms with van der Waals surface area (Å²) in [6.07, 6.45) is 1.65. The van der Waals surface area contributed by atoms with Crippen molar-refractivity contribution in [2.75, 3.05) is 12.4 Å². The van der Waals surface area contributed by atoms with E-state index in [-0.39, 0.29) is 12.2 Å². The third-order valence-corrected chi connectivity index (χ3v) is 4.98. The first-order chi connectivity index (χ1) is 15.1. The maximum atomic E-state index is 12.3. The minimum atomic E-state index is -4.79. The standard InChI is InChI=1S/C20H25F3N6O2S/c1-26-16(25)10-9-14(24)6-2-3-8-18-28-29-19(32-18)27-17(30)12-13-5-4-7-15(11-13)31-20(21,22)23/h4-5,7,9-11,26H,2-3,6,8,12,24-25H2,1H3,(H,27,29,30)/b14-9-,16-10+. The molecule has 0 fully saturated rings. The number of amides is 1. The molecular weight excluding hydrogens is 445 g/mol. The number of nitrogens with one attached hydrogen (secondary N) is 2. The zero-order chi connectivity index (χ0) is 23.6. The van der Waals surface area contributed by atoms with E-state index in [4.69, 9.17) is 11.5 Å². The summed E-state index contributed by atoms with van der Waals surface area (Å²) in [5.41, 5.74) is 12.6. The molecule has 2 rings (SSSR count). The lowest BCUT2D eigenvalue weighted by molar-refractivity contribution is -0.274. The van der Waals surface area contributed by atoms with Crippen molar-refractivity contribution in [1.82, 2.24) is 15.5 Å². The minimum absolute atomic E-state index is 0.123. The summed E-state index contributed by atoms with van der Waals surface area (Å²) < 4.78 is 40.8. The number of carbonyl (C=O) groups excluding carboxylic acids is 1. The first kappa shape index (κ1) is 25.0. The second-order valence-corrected chi connectivity index (χ2v) is 7.80. The van der Waals surface area contributed by atoms with Crippen molar-refractivity contribution in [3.63, 3.8) is 0 Å². The number of benzene rings is 1. The van der Waals surface area contributed by atoms with Crippen LogP contribution in [0.4, 0.5) is 18.3 Å². The average molecular weight is 471 g/mol. The summed E-state index contributed by atoms with van der Waals surface area (Å²) in [6, 6.07) is 5.27. The molecule has 2 aromatic rings. The molecule has 1 amide bonds. The first-order valence-electron chi connectivity index (χ1n) is 9.71. The number of carbonyl (C=O) groups is 1. The van der Waals surface area contributed by atoms with Gasteiger partial charge in [-0.1, -0.05) is 23.5 Å². The van der Waals surface area contributed by atoms with Gasteiger partial charge in [0.1, 0.15) is 10.8 Å². The summed E-state index contributed by atoms with van der Waals surface area (Å²) in [5.74, 6) is -0.264. The lowest BCUT2D eigenvalue weighted by atomic mass is 10.1. The second-order valence-electron chi connectivity index (χ2n) is 6.74. The summed E-state index contributed by atoms with van der Waals surface area (Å²) in [5, 5.41) is 14.5. The molecule has 174 valence electrons. The maximum absolute atomic E-state index is 12.3. The van der Waals surface area contributed by atoms with Gasteiger partial charge in [0.05, 0.1) is 12.2 Å². The smallest absolute Gasteiger partial charge is 0.406 e. The third kappa shape index (κ3) is 9.69. The number of allylic oxidation sites excluding steroid dienone is 3. The number of nitrogens with two attached hydrogens (primary N) is 2. The lowest BCUT2D eigenvalue weighted by Crippen LogP contribution is -2.17. The van der Waals surface area contributed by atoms with Crippen molar-refractivity contribution in [2.24, 2.45) is 11.5 Å². The molecule has 0 aliphatic carbocycles. The Kier molecular flexibility index (Phi) is 9.32. The van der Waals surface area contributed by atoms with Crippen LogP contribution < -0.4 is 26.8 Å². The molecule has 0 aliphatic rings. The monoisotopic (exact) mass is 470 g/mol. The minimum Gasteiger partial charge on any atom is -0.406 e. The van der Waals surface area contributed by atoms with Gasteiger partial charge in [-0.3, -0.25) is 4.79 Å². The van der Waals surface area contributed by atoms with Crippen LogP contribution in [0.25, 0.3) is 0 Å². The van der Waals surface area contributed by atoms with Gasteiger partial charge < -0.3 is 26.8 Å². The number of unbranched alkanes of at least 4 members (excludes halogenated alkanes) is 1. The Morgan fingerprint density at radius 3 is 2.72 bits per heavy atom.